The lowest BCUT2D eigenvalue weighted by atomic mass is 10.1. The third kappa shape index (κ3) is 8.98. The zero-order chi connectivity index (χ0) is 30.4. The molecule has 0 bridgehead atoms. The molecule has 0 amide bonds. The van der Waals surface area contributed by atoms with Crippen LogP contribution in [0.2, 0.25) is 0 Å². The first-order chi connectivity index (χ1) is 19.8. The molecule has 0 aliphatic rings. The molecule has 228 valence electrons. The lowest BCUT2D eigenvalue weighted by molar-refractivity contribution is 0.832. The van der Waals surface area contributed by atoms with E-state index in [4.69, 9.17) is 9.98 Å². The zero-order valence-electron chi connectivity index (χ0n) is 27.9. The number of unbranched alkanes of at least 4 members (excludes halogenated alkanes) is 1. The summed E-state index contributed by atoms with van der Waals surface area (Å²) in [6.45, 7) is 30.0. The van der Waals surface area contributed by atoms with Crippen LogP contribution < -0.4 is 19.6 Å². The molecule has 0 N–H and O–H groups in total. The Balaban J connectivity index is 2.62. The third-order valence-corrected chi connectivity index (χ3v) is 8.08. The van der Waals surface area contributed by atoms with Crippen molar-refractivity contribution >= 4 is 45.5 Å². The second kappa shape index (κ2) is 17.7. The molecule has 0 saturated carbocycles. The normalized spacial score (nSPS) is 12.0. The summed E-state index contributed by atoms with van der Waals surface area (Å²) < 4.78 is 0. The van der Waals surface area contributed by atoms with Gasteiger partial charge in [-0.2, -0.15) is 0 Å². The zero-order valence-corrected chi connectivity index (χ0v) is 27.9. The van der Waals surface area contributed by atoms with Crippen molar-refractivity contribution in [2.75, 3.05) is 72.0 Å². The monoisotopic (exact) mass is 562 g/mol. The van der Waals surface area contributed by atoms with Crippen molar-refractivity contribution < 1.29 is 0 Å². The van der Waals surface area contributed by atoms with Gasteiger partial charge in [-0.05, 0) is 112 Å². The summed E-state index contributed by atoms with van der Waals surface area (Å²) in [5, 5.41) is 0. The Morgan fingerprint density at radius 3 is 1.24 bits per heavy atom. The van der Waals surface area contributed by atoms with E-state index < -0.39 is 0 Å². The van der Waals surface area contributed by atoms with E-state index in [0.717, 1.165) is 94.4 Å². The fourth-order valence-electron chi connectivity index (χ4n) is 5.54. The molecule has 6 heteroatoms. The van der Waals surface area contributed by atoms with Gasteiger partial charge >= 0.3 is 0 Å². The highest BCUT2D eigenvalue weighted by Gasteiger charge is 2.16. The minimum Gasteiger partial charge on any atom is -0.370 e. The second-order valence-corrected chi connectivity index (χ2v) is 10.4. The van der Waals surface area contributed by atoms with Gasteiger partial charge in [0.1, 0.15) is 0 Å². The van der Waals surface area contributed by atoms with Gasteiger partial charge in [0.15, 0.2) is 0 Å². The van der Waals surface area contributed by atoms with Crippen LogP contribution in [0, 0.1) is 0 Å². The Labute approximate surface area is 252 Å². The number of aliphatic imine (C=N–C) groups is 2. The van der Waals surface area contributed by atoms with Gasteiger partial charge in [0.05, 0.1) is 45.5 Å². The van der Waals surface area contributed by atoms with Crippen molar-refractivity contribution in [1.82, 2.24) is 0 Å². The van der Waals surface area contributed by atoms with Crippen LogP contribution in [0.1, 0.15) is 88.5 Å². The molecule has 0 atom stereocenters. The van der Waals surface area contributed by atoms with Crippen LogP contribution in [-0.2, 0) is 0 Å². The quantitative estimate of drug-likeness (QED) is 0.170. The van der Waals surface area contributed by atoms with E-state index in [1.54, 1.807) is 0 Å². The smallest absolute Gasteiger partial charge is 0.0655 e. The van der Waals surface area contributed by atoms with Crippen LogP contribution >= 0.6 is 0 Å². The number of anilines is 4. The summed E-state index contributed by atoms with van der Waals surface area (Å²) in [4.78, 5) is 20.1. The predicted octanol–water partition coefficient (Wildman–Crippen LogP) is 9.13. The van der Waals surface area contributed by atoms with Gasteiger partial charge in [0.25, 0.3) is 0 Å². The Morgan fingerprint density at radius 2 is 0.878 bits per heavy atom. The van der Waals surface area contributed by atoms with Crippen LogP contribution in [0.25, 0.3) is 0 Å². The van der Waals surface area contributed by atoms with Crippen molar-refractivity contribution in [2.24, 2.45) is 9.98 Å². The van der Waals surface area contributed by atoms with Crippen LogP contribution in [0.3, 0.4) is 0 Å². The first-order valence-corrected chi connectivity index (χ1v) is 16.3. The Hall–Kier alpha value is -3.02. The fraction of sp³-hybridized carbons (Fsp3) is 0.600. The maximum absolute atomic E-state index is 5.24. The molecule has 2 aromatic rings. The first-order valence-electron chi connectivity index (χ1n) is 16.3. The van der Waals surface area contributed by atoms with Crippen molar-refractivity contribution in [3.63, 3.8) is 0 Å². The summed E-state index contributed by atoms with van der Waals surface area (Å²) in [5.74, 6) is 0. The molecule has 6 nitrogen and oxygen atoms in total. The molecule has 0 aromatic heterocycles. The highest BCUT2D eigenvalue weighted by Crippen LogP contribution is 2.35. The van der Waals surface area contributed by atoms with Gasteiger partial charge in [-0.1, -0.05) is 13.3 Å². The number of nitrogens with zero attached hydrogens (tertiary/aromatic N) is 6. The molecule has 0 aliphatic heterocycles. The van der Waals surface area contributed by atoms with Gasteiger partial charge in [-0.25, -0.2) is 0 Å². The number of rotatable bonds is 18. The molecular weight excluding hydrogens is 504 g/mol. The van der Waals surface area contributed by atoms with E-state index in [0.29, 0.717) is 0 Å². The summed E-state index contributed by atoms with van der Waals surface area (Å²) in [6.07, 6.45) is 3.14. The summed E-state index contributed by atoms with van der Waals surface area (Å²) in [6, 6.07) is 13.4. The Bertz CT molecular complexity index is 1110. The van der Waals surface area contributed by atoms with Crippen molar-refractivity contribution in [1.29, 1.82) is 0 Å². The third-order valence-electron chi connectivity index (χ3n) is 8.08. The molecule has 0 fully saturated rings. The molecular formula is C35H58N6. The largest absolute Gasteiger partial charge is 0.370 e. The van der Waals surface area contributed by atoms with E-state index in [2.05, 4.69) is 125 Å². The lowest BCUT2D eigenvalue weighted by Gasteiger charge is -2.30. The fourth-order valence-corrected chi connectivity index (χ4v) is 5.54. The molecule has 0 unspecified atom stereocenters. The van der Waals surface area contributed by atoms with E-state index >= 15 is 0 Å². The van der Waals surface area contributed by atoms with Crippen molar-refractivity contribution in [2.45, 2.75) is 88.5 Å². The topological polar surface area (TPSA) is 37.7 Å². The van der Waals surface area contributed by atoms with E-state index in [1.165, 1.54) is 22.7 Å². The van der Waals surface area contributed by atoms with Gasteiger partial charge in [0.2, 0.25) is 0 Å². The number of benzene rings is 2. The number of hydrogen-bond donors (Lipinski definition) is 0. The van der Waals surface area contributed by atoms with Gasteiger partial charge in [-0.3, -0.25) is 9.98 Å². The second-order valence-electron chi connectivity index (χ2n) is 10.4. The molecule has 2 rings (SSSR count). The van der Waals surface area contributed by atoms with Crippen LogP contribution in [0.5, 0.6) is 0 Å². The first kappa shape index (κ1) is 34.2. The number of hydrogen-bond acceptors (Lipinski definition) is 6. The highest BCUT2D eigenvalue weighted by molar-refractivity contribution is 6.42. The molecule has 0 heterocycles. The molecule has 0 aliphatic carbocycles. The standard InChI is InChI=1S/C35H58N6/c1-11-20-21-31(37-30-23-25-33(39(14-4)15-5)35(27-30)41(18-8)19-9)28(10)36-29-22-24-32(38(12-2)13-3)34(26-29)40(16-6)17-7/h22-27H,11-21H2,1-10H3. The molecule has 0 saturated heterocycles. The minimum absolute atomic E-state index is 0.921. The molecule has 0 spiro atoms. The SMILES string of the molecule is CCCCC(=Nc1ccc(N(CC)CC)c(N(CC)CC)c1)C(C)=Nc1ccc(N(CC)CC)c(N(CC)CC)c1. The average molecular weight is 563 g/mol. The van der Waals surface area contributed by atoms with E-state index in [9.17, 15) is 0 Å². The van der Waals surface area contributed by atoms with E-state index in [1.807, 2.05) is 0 Å². The Kier molecular flexibility index (Phi) is 14.8. The molecule has 41 heavy (non-hydrogen) atoms. The van der Waals surface area contributed by atoms with Gasteiger partial charge in [-0.15, -0.1) is 0 Å². The van der Waals surface area contributed by atoms with Gasteiger partial charge < -0.3 is 19.6 Å². The Morgan fingerprint density at radius 1 is 0.512 bits per heavy atom. The van der Waals surface area contributed by atoms with Crippen molar-refractivity contribution in [3.05, 3.63) is 36.4 Å². The van der Waals surface area contributed by atoms with Crippen LogP contribution in [0.4, 0.5) is 34.1 Å². The molecule has 2 aromatic carbocycles. The van der Waals surface area contributed by atoms with Crippen LogP contribution in [0.15, 0.2) is 46.4 Å². The summed E-state index contributed by atoms with van der Waals surface area (Å²) in [5.41, 5.74) is 9.16. The average Bonchev–Trinajstić information content (AvgIpc) is 2.99. The molecule has 0 radical (unpaired) electrons. The maximum atomic E-state index is 5.24. The summed E-state index contributed by atoms with van der Waals surface area (Å²) in [7, 11) is 0. The van der Waals surface area contributed by atoms with E-state index in [-0.39, 0.29) is 0 Å². The van der Waals surface area contributed by atoms with Gasteiger partial charge in [0, 0.05) is 52.4 Å². The minimum atomic E-state index is 0.921. The van der Waals surface area contributed by atoms with Crippen LogP contribution in [-0.4, -0.2) is 63.8 Å². The van der Waals surface area contributed by atoms with Crippen molar-refractivity contribution in [3.8, 4) is 0 Å². The summed E-state index contributed by atoms with van der Waals surface area (Å²) >= 11 is 0. The lowest BCUT2D eigenvalue weighted by Crippen LogP contribution is -2.28. The highest BCUT2D eigenvalue weighted by atomic mass is 15.2. The predicted molar refractivity (Wildman–Crippen MR) is 187 cm³/mol. The maximum Gasteiger partial charge on any atom is 0.0655 e.